The third-order valence-electron chi connectivity index (χ3n) is 4.50. The number of hydrogen-bond donors (Lipinski definition) is 2. The molecule has 0 fully saturated rings. The first-order valence-electron chi connectivity index (χ1n) is 9.56. The highest BCUT2D eigenvalue weighted by atomic mass is 32.2. The Morgan fingerprint density at radius 1 is 1.23 bits per heavy atom. The van der Waals surface area contributed by atoms with Gasteiger partial charge in [-0.3, -0.25) is 4.79 Å². The number of sulfonamides is 1. The average Bonchev–Trinajstić information content (AvgIpc) is 3.08. The van der Waals surface area contributed by atoms with Crippen LogP contribution in [0.5, 0.6) is 0 Å². The number of rotatable bonds is 7. The molecule has 0 saturated heterocycles. The Morgan fingerprint density at radius 3 is 2.63 bits per heavy atom. The normalized spacial score (nSPS) is 12.0. The SMILES string of the molecule is C.CCCS(=O)(=O)NCc1cccc(-c2cnc3[nH]cc(C(=O)C(C)(C)C)c3n2)c1. The van der Waals surface area contributed by atoms with Crippen LogP contribution in [0.1, 0.15) is 57.5 Å². The Balaban J connectivity index is 0.00000320. The van der Waals surface area contributed by atoms with Gasteiger partial charge in [0, 0.05) is 23.7 Å². The van der Waals surface area contributed by atoms with Crippen molar-refractivity contribution >= 4 is 27.0 Å². The van der Waals surface area contributed by atoms with E-state index in [1.807, 2.05) is 52.0 Å². The molecule has 2 aromatic heterocycles. The van der Waals surface area contributed by atoms with Gasteiger partial charge >= 0.3 is 0 Å². The van der Waals surface area contributed by atoms with Gasteiger partial charge in [-0.15, -0.1) is 0 Å². The molecule has 2 heterocycles. The van der Waals surface area contributed by atoms with E-state index in [9.17, 15) is 13.2 Å². The minimum Gasteiger partial charge on any atom is -0.344 e. The molecule has 0 atom stereocenters. The number of Topliss-reactive ketones (excluding diaryl/α,β-unsaturated/α-hetero) is 1. The van der Waals surface area contributed by atoms with Crippen molar-refractivity contribution in [3.05, 3.63) is 47.8 Å². The number of hydrogen-bond acceptors (Lipinski definition) is 5. The second-order valence-electron chi connectivity index (χ2n) is 8.07. The van der Waals surface area contributed by atoms with Crippen molar-refractivity contribution in [1.82, 2.24) is 19.7 Å². The van der Waals surface area contributed by atoms with Crippen LogP contribution in [0.4, 0.5) is 0 Å². The molecular formula is C22H30N4O3S. The first kappa shape index (κ1) is 23.7. The molecule has 0 aliphatic rings. The summed E-state index contributed by atoms with van der Waals surface area (Å²) in [6.07, 6.45) is 3.86. The maximum atomic E-state index is 12.7. The van der Waals surface area contributed by atoms with E-state index in [1.165, 1.54) is 0 Å². The Morgan fingerprint density at radius 2 is 1.97 bits per heavy atom. The van der Waals surface area contributed by atoms with Gasteiger partial charge in [0.2, 0.25) is 10.0 Å². The van der Waals surface area contributed by atoms with Crippen molar-refractivity contribution < 1.29 is 13.2 Å². The number of nitrogens with zero attached hydrogens (tertiary/aromatic N) is 2. The van der Waals surface area contributed by atoms with Crippen molar-refractivity contribution in [1.29, 1.82) is 0 Å². The van der Waals surface area contributed by atoms with Gasteiger partial charge in [0.1, 0.15) is 5.52 Å². The monoisotopic (exact) mass is 430 g/mol. The van der Waals surface area contributed by atoms with E-state index >= 15 is 0 Å². The van der Waals surface area contributed by atoms with Crippen LogP contribution >= 0.6 is 0 Å². The molecule has 0 aliphatic heterocycles. The van der Waals surface area contributed by atoms with Crippen LogP contribution in [-0.2, 0) is 16.6 Å². The second kappa shape index (κ2) is 9.06. The summed E-state index contributed by atoms with van der Waals surface area (Å²) in [5, 5.41) is 0. The van der Waals surface area contributed by atoms with Crippen LogP contribution in [-0.4, -0.2) is 34.9 Å². The fraction of sp³-hybridized carbons (Fsp3) is 0.409. The maximum absolute atomic E-state index is 12.7. The van der Waals surface area contributed by atoms with Crippen LogP contribution in [0.25, 0.3) is 22.4 Å². The Bertz CT molecular complexity index is 1140. The highest BCUT2D eigenvalue weighted by Gasteiger charge is 2.26. The molecule has 30 heavy (non-hydrogen) atoms. The molecule has 3 aromatic rings. The number of nitrogens with one attached hydrogen (secondary N) is 2. The van der Waals surface area contributed by atoms with Crippen LogP contribution in [0.3, 0.4) is 0 Å². The third-order valence-corrected chi connectivity index (χ3v) is 6.03. The molecule has 0 bridgehead atoms. The van der Waals surface area contributed by atoms with E-state index in [1.54, 1.807) is 12.4 Å². The summed E-state index contributed by atoms with van der Waals surface area (Å²) in [4.78, 5) is 24.8. The fourth-order valence-corrected chi connectivity index (χ4v) is 4.05. The lowest BCUT2D eigenvalue weighted by Gasteiger charge is -2.15. The highest BCUT2D eigenvalue weighted by molar-refractivity contribution is 7.89. The van der Waals surface area contributed by atoms with E-state index in [-0.39, 0.29) is 25.5 Å². The maximum Gasteiger partial charge on any atom is 0.211 e. The lowest BCUT2D eigenvalue weighted by Crippen LogP contribution is -2.25. The molecule has 8 heteroatoms. The fourth-order valence-electron chi connectivity index (χ4n) is 2.98. The first-order chi connectivity index (χ1) is 13.6. The van der Waals surface area contributed by atoms with Crippen molar-refractivity contribution in [3.8, 4) is 11.3 Å². The Hall–Kier alpha value is -2.58. The number of H-pyrrole nitrogens is 1. The summed E-state index contributed by atoms with van der Waals surface area (Å²) < 4.78 is 26.4. The molecule has 0 unspecified atom stereocenters. The van der Waals surface area contributed by atoms with E-state index in [0.717, 1.165) is 11.1 Å². The minimum absolute atomic E-state index is 0. The summed E-state index contributed by atoms with van der Waals surface area (Å²) in [5.74, 6) is 0.0988. The molecule has 0 amide bonds. The summed E-state index contributed by atoms with van der Waals surface area (Å²) in [6, 6.07) is 7.47. The molecular weight excluding hydrogens is 400 g/mol. The van der Waals surface area contributed by atoms with Gasteiger partial charge in [-0.05, 0) is 18.1 Å². The number of ketones is 1. The molecule has 7 nitrogen and oxygen atoms in total. The summed E-state index contributed by atoms with van der Waals surface area (Å²) >= 11 is 0. The number of aromatic amines is 1. The minimum atomic E-state index is -3.28. The summed E-state index contributed by atoms with van der Waals surface area (Å²) in [5.41, 5.74) is 3.35. The molecule has 1 aromatic carbocycles. The van der Waals surface area contributed by atoms with Gasteiger partial charge in [0.05, 0.1) is 23.2 Å². The third kappa shape index (κ3) is 5.31. The van der Waals surface area contributed by atoms with E-state index in [2.05, 4.69) is 19.7 Å². The van der Waals surface area contributed by atoms with Crippen molar-refractivity contribution in [2.75, 3.05) is 5.75 Å². The lowest BCUT2D eigenvalue weighted by molar-refractivity contribution is 0.0860. The molecule has 0 radical (unpaired) electrons. The van der Waals surface area contributed by atoms with E-state index < -0.39 is 15.4 Å². The molecule has 0 spiro atoms. The quantitative estimate of drug-likeness (QED) is 0.543. The standard InChI is InChI=1S/C21H26N4O3S.CH4/c1-5-9-29(27,28)24-11-14-7-6-8-15(10-14)17-13-23-20-18(25-17)16(12-22-20)19(26)21(2,3)4;/h6-8,10,12-13,24H,5,9,11H2,1-4H3,(H,22,23);1H4. The average molecular weight is 431 g/mol. The number of carbonyl (C=O) groups is 1. The number of fused-ring (bicyclic) bond motifs is 1. The second-order valence-corrected chi connectivity index (χ2v) is 10.0. The predicted molar refractivity (Wildman–Crippen MR) is 121 cm³/mol. The first-order valence-corrected chi connectivity index (χ1v) is 11.2. The summed E-state index contributed by atoms with van der Waals surface area (Å²) in [6.45, 7) is 7.65. The lowest BCUT2D eigenvalue weighted by atomic mass is 9.87. The van der Waals surface area contributed by atoms with Crippen molar-refractivity contribution in [2.45, 2.75) is 48.1 Å². The zero-order valence-corrected chi connectivity index (χ0v) is 17.9. The van der Waals surface area contributed by atoms with Crippen LogP contribution in [0.2, 0.25) is 0 Å². The van der Waals surface area contributed by atoms with Gasteiger partial charge in [0.15, 0.2) is 11.4 Å². The number of carbonyl (C=O) groups excluding carboxylic acids is 1. The Kier molecular flexibility index (Phi) is 7.15. The van der Waals surface area contributed by atoms with E-state index in [0.29, 0.717) is 28.8 Å². The zero-order chi connectivity index (χ0) is 21.2. The topological polar surface area (TPSA) is 105 Å². The number of aromatic nitrogens is 3. The zero-order valence-electron chi connectivity index (χ0n) is 17.1. The Labute approximate surface area is 178 Å². The summed E-state index contributed by atoms with van der Waals surface area (Å²) in [7, 11) is -3.28. The van der Waals surface area contributed by atoms with Gasteiger partial charge in [-0.2, -0.15) is 0 Å². The van der Waals surface area contributed by atoms with Crippen LogP contribution in [0.15, 0.2) is 36.7 Å². The predicted octanol–water partition coefficient (Wildman–Crippen LogP) is 4.32. The van der Waals surface area contributed by atoms with Gasteiger partial charge in [0.25, 0.3) is 0 Å². The smallest absolute Gasteiger partial charge is 0.211 e. The van der Waals surface area contributed by atoms with Gasteiger partial charge < -0.3 is 4.98 Å². The molecule has 3 rings (SSSR count). The van der Waals surface area contributed by atoms with Crippen molar-refractivity contribution in [2.24, 2.45) is 5.41 Å². The molecule has 162 valence electrons. The van der Waals surface area contributed by atoms with Gasteiger partial charge in [-0.25, -0.2) is 23.1 Å². The largest absolute Gasteiger partial charge is 0.344 e. The van der Waals surface area contributed by atoms with Gasteiger partial charge in [-0.1, -0.05) is 53.3 Å². The number of benzene rings is 1. The highest BCUT2D eigenvalue weighted by Crippen LogP contribution is 2.27. The van der Waals surface area contributed by atoms with Crippen LogP contribution < -0.4 is 4.72 Å². The molecule has 0 saturated carbocycles. The van der Waals surface area contributed by atoms with Crippen molar-refractivity contribution in [3.63, 3.8) is 0 Å². The van der Waals surface area contributed by atoms with E-state index in [4.69, 9.17) is 0 Å². The molecule has 2 N–H and O–H groups in total. The molecule has 0 aliphatic carbocycles. The van der Waals surface area contributed by atoms with Crippen LogP contribution in [0, 0.1) is 5.41 Å².